The van der Waals surface area contributed by atoms with Gasteiger partial charge in [-0.2, -0.15) is 8.42 Å². The van der Waals surface area contributed by atoms with Gasteiger partial charge in [0.1, 0.15) is 5.82 Å². The van der Waals surface area contributed by atoms with Crippen molar-refractivity contribution in [2.24, 2.45) is 0 Å². The van der Waals surface area contributed by atoms with Crippen LogP contribution in [0.3, 0.4) is 0 Å². The monoisotopic (exact) mass is 296 g/mol. The summed E-state index contributed by atoms with van der Waals surface area (Å²) >= 11 is 0. The van der Waals surface area contributed by atoms with Crippen LogP contribution in [0.4, 0.5) is 10.1 Å². The van der Waals surface area contributed by atoms with Crippen molar-refractivity contribution in [1.82, 2.24) is 4.98 Å². The van der Waals surface area contributed by atoms with Crippen LogP contribution in [-0.4, -0.2) is 18.5 Å². The van der Waals surface area contributed by atoms with Gasteiger partial charge in [-0.3, -0.25) is 4.72 Å². The van der Waals surface area contributed by atoms with Gasteiger partial charge in [-0.05, 0) is 42.3 Å². The van der Waals surface area contributed by atoms with Crippen LogP contribution < -0.4 is 4.72 Å². The Morgan fingerprint density at radius 1 is 1.30 bits per heavy atom. The summed E-state index contributed by atoms with van der Waals surface area (Å²) in [6, 6.07) is 6.69. The molecule has 1 aromatic heterocycles. The number of aryl methyl sites for hydroxylation is 1. The molecule has 0 aliphatic rings. The molecule has 0 spiro atoms. The largest absolute Gasteiger partial charge is 0.392 e. The molecule has 1 heterocycles. The number of hydrogen-bond acceptors (Lipinski definition) is 4. The van der Waals surface area contributed by atoms with Gasteiger partial charge in [-0.1, -0.05) is 6.07 Å². The highest BCUT2D eigenvalue weighted by molar-refractivity contribution is 7.92. The van der Waals surface area contributed by atoms with Gasteiger partial charge in [-0.25, -0.2) is 9.37 Å². The number of nitrogens with one attached hydrogen (secondary N) is 1. The molecular weight excluding hydrogens is 283 g/mol. The number of sulfonamides is 1. The van der Waals surface area contributed by atoms with Gasteiger partial charge >= 0.3 is 0 Å². The number of halogens is 1. The Morgan fingerprint density at radius 3 is 2.60 bits per heavy atom. The second-order valence-corrected chi connectivity index (χ2v) is 5.86. The summed E-state index contributed by atoms with van der Waals surface area (Å²) in [5.41, 5.74) is 1.12. The van der Waals surface area contributed by atoms with Gasteiger partial charge < -0.3 is 5.11 Å². The molecule has 20 heavy (non-hydrogen) atoms. The van der Waals surface area contributed by atoms with Gasteiger partial charge in [0.25, 0.3) is 10.0 Å². The van der Waals surface area contributed by atoms with Crippen LogP contribution in [0.25, 0.3) is 0 Å². The topological polar surface area (TPSA) is 79.3 Å². The van der Waals surface area contributed by atoms with E-state index in [-0.39, 0.29) is 17.3 Å². The molecule has 5 nitrogen and oxygen atoms in total. The standard InChI is InChI=1S/C13H13FN2O3S/c1-9-6-11(3-4-12(9)14)16-20(18,19)13-5-2-10(8-17)7-15-13/h2-7,16-17H,8H2,1H3. The van der Waals surface area contributed by atoms with E-state index in [0.717, 1.165) is 0 Å². The van der Waals surface area contributed by atoms with Crippen molar-refractivity contribution in [3.05, 3.63) is 53.5 Å². The van der Waals surface area contributed by atoms with E-state index in [0.29, 0.717) is 11.1 Å². The average molecular weight is 296 g/mol. The van der Waals surface area contributed by atoms with E-state index in [2.05, 4.69) is 9.71 Å². The number of pyridine rings is 1. The predicted octanol–water partition coefficient (Wildman–Crippen LogP) is 1.82. The minimum atomic E-state index is -3.83. The molecule has 106 valence electrons. The summed E-state index contributed by atoms with van der Waals surface area (Å²) < 4.78 is 39.6. The smallest absolute Gasteiger partial charge is 0.279 e. The molecule has 0 atom stereocenters. The third kappa shape index (κ3) is 3.12. The summed E-state index contributed by atoms with van der Waals surface area (Å²) in [5, 5.41) is 8.71. The van der Waals surface area contributed by atoms with Crippen LogP contribution in [0.2, 0.25) is 0 Å². The highest BCUT2D eigenvalue weighted by atomic mass is 32.2. The van der Waals surface area contributed by atoms with E-state index in [1.165, 1.54) is 36.5 Å². The van der Waals surface area contributed by atoms with Crippen LogP contribution in [0.1, 0.15) is 11.1 Å². The number of nitrogens with zero attached hydrogens (tertiary/aromatic N) is 1. The van der Waals surface area contributed by atoms with Crippen molar-refractivity contribution in [3.8, 4) is 0 Å². The van der Waals surface area contributed by atoms with Crippen molar-refractivity contribution in [3.63, 3.8) is 0 Å². The van der Waals surface area contributed by atoms with E-state index in [4.69, 9.17) is 5.11 Å². The molecule has 0 amide bonds. The number of aromatic nitrogens is 1. The molecule has 2 N–H and O–H groups in total. The second kappa shape index (κ2) is 5.56. The average Bonchev–Trinajstić information content (AvgIpc) is 2.43. The van der Waals surface area contributed by atoms with Gasteiger partial charge in [0.15, 0.2) is 5.03 Å². The number of aliphatic hydroxyl groups is 1. The Kier molecular flexibility index (Phi) is 4.01. The number of aliphatic hydroxyl groups excluding tert-OH is 1. The first-order valence-corrected chi connectivity index (χ1v) is 7.25. The predicted molar refractivity (Wildman–Crippen MR) is 72.1 cm³/mol. The maximum absolute atomic E-state index is 13.1. The SMILES string of the molecule is Cc1cc(NS(=O)(=O)c2ccc(CO)cn2)ccc1F. The van der Waals surface area contributed by atoms with Crippen molar-refractivity contribution in [2.45, 2.75) is 18.6 Å². The minimum absolute atomic E-state index is 0.170. The lowest BCUT2D eigenvalue weighted by Gasteiger charge is -2.08. The van der Waals surface area contributed by atoms with E-state index < -0.39 is 15.8 Å². The first kappa shape index (κ1) is 14.4. The summed E-state index contributed by atoms with van der Waals surface area (Å²) in [5.74, 6) is -0.404. The molecule has 0 fully saturated rings. The Hall–Kier alpha value is -1.99. The first-order chi connectivity index (χ1) is 9.42. The maximum Gasteiger partial charge on any atom is 0.279 e. The molecule has 2 rings (SSSR count). The van der Waals surface area contributed by atoms with Crippen LogP contribution in [0.5, 0.6) is 0 Å². The van der Waals surface area contributed by atoms with E-state index in [1.54, 1.807) is 6.92 Å². The van der Waals surface area contributed by atoms with E-state index in [9.17, 15) is 12.8 Å². The van der Waals surface area contributed by atoms with E-state index >= 15 is 0 Å². The Balaban J connectivity index is 2.27. The maximum atomic E-state index is 13.1. The Labute approximate surface area is 116 Å². The zero-order valence-electron chi connectivity index (χ0n) is 10.7. The van der Waals surface area contributed by atoms with Crippen LogP contribution in [0, 0.1) is 12.7 Å². The van der Waals surface area contributed by atoms with Crippen molar-refractivity contribution in [1.29, 1.82) is 0 Å². The minimum Gasteiger partial charge on any atom is -0.392 e. The van der Waals surface area contributed by atoms with Crippen molar-refractivity contribution in [2.75, 3.05) is 4.72 Å². The molecule has 0 saturated carbocycles. The van der Waals surface area contributed by atoms with Gasteiger partial charge in [0.05, 0.1) is 6.61 Å². The summed E-state index contributed by atoms with van der Waals surface area (Å²) in [6.07, 6.45) is 1.28. The summed E-state index contributed by atoms with van der Waals surface area (Å²) in [7, 11) is -3.83. The quantitative estimate of drug-likeness (QED) is 0.902. The molecule has 0 aliphatic heterocycles. The summed E-state index contributed by atoms with van der Waals surface area (Å²) in [4.78, 5) is 3.77. The fraction of sp³-hybridized carbons (Fsp3) is 0.154. The van der Waals surface area contributed by atoms with Crippen LogP contribution >= 0.6 is 0 Å². The highest BCUT2D eigenvalue weighted by Gasteiger charge is 2.16. The lowest BCUT2D eigenvalue weighted by atomic mass is 10.2. The Bertz CT molecular complexity index is 715. The fourth-order valence-corrected chi connectivity index (χ4v) is 2.56. The van der Waals surface area contributed by atoms with Crippen molar-refractivity contribution >= 4 is 15.7 Å². The lowest BCUT2D eigenvalue weighted by Crippen LogP contribution is -2.14. The Morgan fingerprint density at radius 2 is 2.05 bits per heavy atom. The zero-order valence-corrected chi connectivity index (χ0v) is 11.5. The molecule has 2 aromatic rings. The molecule has 0 unspecified atom stereocenters. The number of hydrogen-bond donors (Lipinski definition) is 2. The molecule has 0 saturated heterocycles. The number of anilines is 1. The van der Waals surface area contributed by atoms with E-state index in [1.807, 2.05) is 0 Å². The summed E-state index contributed by atoms with van der Waals surface area (Å²) in [6.45, 7) is 1.33. The fourth-order valence-electron chi connectivity index (χ4n) is 1.58. The van der Waals surface area contributed by atoms with Gasteiger partial charge in [0.2, 0.25) is 0 Å². The normalized spacial score (nSPS) is 11.3. The molecule has 1 aromatic carbocycles. The molecular formula is C13H13FN2O3S. The lowest BCUT2D eigenvalue weighted by molar-refractivity contribution is 0.281. The van der Waals surface area contributed by atoms with Gasteiger partial charge in [-0.15, -0.1) is 0 Å². The number of rotatable bonds is 4. The van der Waals surface area contributed by atoms with Crippen LogP contribution in [0.15, 0.2) is 41.6 Å². The second-order valence-electron chi connectivity index (χ2n) is 4.23. The first-order valence-electron chi connectivity index (χ1n) is 5.77. The molecule has 0 bridgehead atoms. The highest BCUT2D eigenvalue weighted by Crippen LogP contribution is 2.17. The molecule has 0 aliphatic carbocycles. The van der Waals surface area contributed by atoms with Crippen LogP contribution in [-0.2, 0) is 16.6 Å². The third-order valence-corrected chi connectivity index (χ3v) is 3.96. The molecule has 0 radical (unpaired) electrons. The zero-order chi connectivity index (χ0) is 14.8. The number of benzene rings is 1. The van der Waals surface area contributed by atoms with Crippen molar-refractivity contribution < 1.29 is 17.9 Å². The van der Waals surface area contributed by atoms with Gasteiger partial charge in [0, 0.05) is 11.9 Å². The third-order valence-electron chi connectivity index (χ3n) is 2.67. The molecule has 7 heteroatoms.